The van der Waals surface area contributed by atoms with E-state index in [0.717, 1.165) is 33.6 Å². The van der Waals surface area contributed by atoms with Crippen LogP contribution in [0.5, 0.6) is 0 Å². The van der Waals surface area contributed by atoms with Gasteiger partial charge in [0.1, 0.15) is 0 Å². The van der Waals surface area contributed by atoms with Crippen molar-refractivity contribution in [2.24, 2.45) is 0 Å². The van der Waals surface area contributed by atoms with E-state index in [1.165, 1.54) is 66.1 Å². The lowest BCUT2D eigenvalue weighted by atomic mass is 9.82. The highest BCUT2D eigenvalue weighted by atomic mass is 14.9. The lowest BCUT2D eigenvalue weighted by Crippen LogP contribution is -2.01. The number of hydrogen-bond donors (Lipinski definition) is 1. The van der Waals surface area contributed by atoms with Crippen LogP contribution in [0.25, 0.3) is 88.3 Å². The van der Waals surface area contributed by atoms with E-state index in [0.29, 0.717) is 0 Å². The van der Waals surface area contributed by atoms with Gasteiger partial charge in [-0.2, -0.15) is 0 Å². The van der Waals surface area contributed by atoms with Gasteiger partial charge in [0, 0.05) is 16.8 Å². The molecule has 0 spiro atoms. The standard InChI is InChI=1S/C56H39N/c1-4-16-43(17-5-1)53-38-52(44-28-24-41(25-29-44)49-30-26-39-14-10-12-22-47(39)36-49)54(45-18-6-2-7-19-45)55(46-20-8-3-9-21-46)56(53)57-51-34-32-42(33-35-51)50-31-27-40-15-11-13-23-48(40)37-50/h1-38,57H. The summed E-state index contributed by atoms with van der Waals surface area (Å²) in [5, 5.41) is 8.97. The first kappa shape index (κ1) is 34.0. The summed E-state index contributed by atoms with van der Waals surface area (Å²) in [6.45, 7) is 0. The summed E-state index contributed by atoms with van der Waals surface area (Å²) < 4.78 is 0. The molecular formula is C56H39N. The third-order valence-corrected chi connectivity index (χ3v) is 11.1. The fraction of sp³-hybridized carbons (Fsp3) is 0. The van der Waals surface area contributed by atoms with Crippen molar-refractivity contribution in [3.05, 3.63) is 231 Å². The number of hydrogen-bond acceptors (Lipinski definition) is 1. The number of anilines is 2. The van der Waals surface area contributed by atoms with Crippen molar-refractivity contribution in [2.75, 3.05) is 5.32 Å². The summed E-state index contributed by atoms with van der Waals surface area (Å²) in [5.74, 6) is 0. The van der Waals surface area contributed by atoms with Crippen LogP contribution in [0.4, 0.5) is 11.4 Å². The Labute approximate surface area is 334 Å². The third-order valence-electron chi connectivity index (χ3n) is 11.1. The Morgan fingerprint density at radius 2 is 0.614 bits per heavy atom. The van der Waals surface area contributed by atoms with Crippen LogP contribution in [0.15, 0.2) is 231 Å². The van der Waals surface area contributed by atoms with E-state index in [9.17, 15) is 0 Å². The minimum absolute atomic E-state index is 1.03. The van der Waals surface area contributed by atoms with E-state index in [4.69, 9.17) is 0 Å². The van der Waals surface area contributed by atoms with Gasteiger partial charge in [0.05, 0.1) is 5.69 Å². The molecule has 1 heteroatoms. The zero-order valence-electron chi connectivity index (χ0n) is 31.4. The smallest absolute Gasteiger partial charge is 0.0550 e. The van der Waals surface area contributed by atoms with Crippen molar-refractivity contribution in [2.45, 2.75) is 0 Å². The molecule has 0 amide bonds. The summed E-state index contributed by atoms with van der Waals surface area (Å²) in [6.07, 6.45) is 0. The van der Waals surface area contributed by atoms with Crippen LogP contribution < -0.4 is 5.32 Å². The van der Waals surface area contributed by atoms with Crippen LogP contribution in [0, 0.1) is 0 Å². The van der Waals surface area contributed by atoms with Gasteiger partial charge >= 0.3 is 0 Å². The molecule has 0 heterocycles. The Hall–Kier alpha value is -7.48. The van der Waals surface area contributed by atoms with Gasteiger partial charge in [-0.3, -0.25) is 0 Å². The molecule has 0 saturated heterocycles. The zero-order chi connectivity index (χ0) is 38.0. The van der Waals surface area contributed by atoms with Crippen molar-refractivity contribution in [3.63, 3.8) is 0 Å². The van der Waals surface area contributed by atoms with Crippen LogP contribution in [0.1, 0.15) is 0 Å². The minimum atomic E-state index is 1.03. The molecule has 1 nitrogen and oxygen atoms in total. The van der Waals surface area contributed by atoms with Gasteiger partial charge in [-0.25, -0.2) is 0 Å². The zero-order valence-corrected chi connectivity index (χ0v) is 31.4. The number of rotatable bonds is 8. The molecule has 0 bridgehead atoms. The molecule has 268 valence electrons. The van der Waals surface area contributed by atoms with Crippen molar-refractivity contribution < 1.29 is 0 Å². The molecule has 10 aromatic carbocycles. The number of benzene rings is 10. The predicted molar refractivity (Wildman–Crippen MR) is 244 cm³/mol. The van der Waals surface area contributed by atoms with Crippen LogP contribution in [0.3, 0.4) is 0 Å². The van der Waals surface area contributed by atoms with Crippen LogP contribution in [-0.2, 0) is 0 Å². The Morgan fingerprint density at radius 3 is 1.14 bits per heavy atom. The van der Waals surface area contributed by atoms with Gasteiger partial charge in [-0.1, -0.05) is 200 Å². The molecule has 57 heavy (non-hydrogen) atoms. The van der Waals surface area contributed by atoms with Gasteiger partial charge in [-0.05, 0) is 108 Å². The summed E-state index contributed by atoms with van der Waals surface area (Å²) in [5.41, 5.74) is 16.2. The first-order valence-corrected chi connectivity index (χ1v) is 19.6. The molecule has 0 fully saturated rings. The van der Waals surface area contributed by atoms with Gasteiger partial charge < -0.3 is 5.32 Å². The van der Waals surface area contributed by atoms with E-state index in [1.54, 1.807) is 0 Å². The van der Waals surface area contributed by atoms with Crippen LogP contribution in [0.2, 0.25) is 0 Å². The Bertz CT molecular complexity index is 2980. The fourth-order valence-electron chi connectivity index (χ4n) is 8.15. The highest BCUT2D eigenvalue weighted by Gasteiger charge is 2.23. The normalized spacial score (nSPS) is 11.2. The number of fused-ring (bicyclic) bond motifs is 2. The lowest BCUT2D eigenvalue weighted by Gasteiger charge is -2.25. The van der Waals surface area contributed by atoms with Crippen LogP contribution in [-0.4, -0.2) is 0 Å². The molecule has 1 N–H and O–H groups in total. The molecule has 10 aromatic rings. The van der Waals surface area contributed by atoms with E-state index >= 15 is 0 Å². The van der Waals surface area contributed by atoms with Crippen molar-refractivity contribution in [3.8, 4) is 66.8 Å². The second-order valence-electron chi connectivity index (χ2n) is 14.6. The topological polar surface area (TPSA) is 12.0 Å². The van der Waals surface area contributed by atoms with Crippen LogP contribution >= 0.6 is 0 Å². The fourth-order valence-corrected chi connectivity index (χ4v) is 8.15. The van der Waals surface area contributed by atoms with Gasteiger partial charge in [0.15, 0.2) is 0 Å². The predicted octanol–water partition coefficient (Wildman–Crippen LogP) is 15.7. The molecule has 10 rings (SSSR count). The molecule has 0 aliphatic heterocycles. The molecule has 0 aliphatic carbocycles. The van der Waals surface area contributed by atoms with Crippen molar-refractivity contribution >= 4 is 32.9 Å². The summed E-state index contributed by atoms with van der Waals surface area (Å²) in [7, 11) is 0. The summed E-state index contributed by atoms with van der Waals surface area (Å²) in [6, 6.07) is 83.3. The van der Waals surface area contributed by atoms with E-state index in [1.807, 2.05) is 0 Å². The molecule has 0 atom stereocenters. The lowest BCUT2D eigenvalue weighted by molar-refractivity contribution is 1.50. The third kappa shape index (κ3) is 6.77. The average molecular weight is 726 g/mol. The second kappa shape index (κ2) is 15.0. The second-order valence-corrected chi connectivity index (χ2v) is 14.6. The van der Waals surface area contributed by atoms with Gasteiger partial charge in [0.25, 0.3) is 0 Å². The molecule has 0 unspecified atom stereocenters. The maximum Gasteiger partial charge on any atom is 0.0550 e. The van der Waals surface area contributed by atoms with E-state index < -0.39 is 0 Å². The van der Waals surface area contributed by atoms with Crippen molar-refractivity contribution in [1.82, 2.24) is 0 Å². The summed E-state index contributed by atoms with van der Waals surface area (Å²) >= 11 is 0. The SMILES string of the molecule is c1ccc(-c2cc(-c3ccc(-c4ccc5ccccc5c4)cc3)c(-c3ccccc3)c(-c3ccccc3)c2Nc2ccc(-c3ccc4ccccc4c3)cc2)cc1. The first-order valence-electron chi connectivity index (χ1n) is 19.6. The van der Waals surface area contributed by atoms with E-state index in [-0.39, 0.29) is 0 Å². The van der Waals surface area contributed by atoms with E-state index in [2.05, 4.69) is 236 Å². The summed E-state index contributed by atoms with van der Waals surface area (Å²) in [4.78, 5) is 0. The minimum Gasteiger partial charge on any atom is -0.354 e. The quantitative estimate of drug-likeness (QED) is 0.164. The van der Waals surface area contributed by atoms with Crippen molar-refractivity contribution in [1.29, 1.82) is 0 Å². The molecule has 0 radical (unpaired) electrons. The highest BCUT2D eigenvalue weighted by molar-refractivity contribution is 6.07. The highest BCUT2D eigenvalue weighted by Crippen LogP contribution is 2.50. The average Bonchev–Trinajstić information content (AvgIpc) is 3.29. The Balaban J connectivity index is 1.15. The van der Waals surface area contributed by atoms with Gasteiger partial charge in [-0.15, -0.1) is 0 Å². The maximum atomic E-state index is 3.98. The molecule has 0 saturated carbocycles. The molecular weight excluding hydrogens is 687 g/mol. The maximum absolute atomic E-state index is 3.98. The molecule has 0 aromatic heterocycles. The largest absolute Gasteiger partial charge is 0.354 e. The number of nitrogens with one attached hydrogen (secondary N) is 1. The molecule has 0 aliphatic rings. The van der Waals surface area contributed by atoms with Gasteiger partial charge in [0.2, 0.25) is 0 Å². The Morgan fingerprint density at radius 1 is 0.228 bits per heavy atom. The first-order chi connectivity index (χ1) is 28.2. The Kier molecular flexibility index (Phi) is 8.95. The monoisotopic (exact) mass is 725 g/mol.